The molecule has 5 nitrogen and oxygen atoms in total. The Labute approximate surface area is 131 Å². The van der Waals surface area contributed by atoms with Gasteiger partial charge in [0.15, 0.2) is 0 Å². The number of anilines is 2. The van der Waals surface area contributed by atoms with Crippen molar-refractivity contribution < 1.29 is 4.74 Å². The van der Waals surface area contributed by atoms with Crippen LogP contribution in [0.1, 0.15) is 24.0 Å². The molecule has 22 heavy (non-hydrogen) atoms. The first kappa shape index (κ1) is 14.6. The van der Waals surface area contributed by atoms with Crippen molar-refractivity contribution >= 4 is 11.6 Å². The zero-order valence-electron chi connectivity index (χ0n) is 13.1. The summed E-state index contributed by atoms with van der Waals surface area (Å²) in [7, 11) is 3.58. The van der Waals surface area contributed by atoms with Crippen LogP contribution in [0.3, 0.4) is 0 Å². The second kappa shape index (κ2) is 6.64. The molecule has 1 aromatic carbocycles. The van der Waals surface area contributed by atoms with E-state index >= 15 is 0 Å². The molecule has 0 amide bonds. The monoisotopic (exact) mass is 298 g/mol. The van der Waals surface area contributed by atoms with E-state index in [1.165, 1.54) is 17.5 Å². The predicted molar refractivity (Wildman–Crippen MR) is 88.6 cm³/mol. The minimum absolute atomic E-state index is 0.397. The molecular formula is C17H22N4O. The molecule has 1 atom stereocenters. The van der Waals surface area contributed by atoms with Crippen molar-refractivity contribution in [2.45, 2.75) is 31.7 Å². The van der Waals surface area contributed by atoms with Gasteiger partial charge in [0.25, 0.3) is 0 Å². The van der Waals surface area contributed by atoms with E-state index in [1.54, 1.807) is 13.4 Å². The largest absolute Gasteiger partial charge is 0.497 e. The molecule has 0 aliphatic heterocycles. The standard InChI is InChI=1S/C17H22N4O/c1-18-16-10-17(20-11-19-16)21-14-5-3-4-12-9-15(22-2)7-6-13(12)8-14/h6-7,9-11,14H,3-5,8H2,1-2H3,(H2,18,19,20,21). The Morgan fingerprint density at radius 2 is 2.00 bits per heavy atom. The van der Waals surface area contributed by atoms with Crippen LogP contribution < -0.4 is 15.4 Å². The number of hydrogen-bond donors (Lipinski definition) is 2. The Balaban J connectivity index is 1.75. The molecule has 3 rings (SSSR count). The van der Waals surface area contributed by atoms with E-state index in [0.29, 0.717) is 6.04 Å². The fraction of sp³-hybridized carbons (Fsp3) is 0.412. The highest BCUT2D eigenvalue weighted by Gasteiger charge is 2.17. The van der Waals surface area contributed by atoms with Gasteiger partial charge in [0.1, 0.15) is 23.7 Å². The van der Waals surface area contributed by atoms with E-state index in [4.69, 9.17) is 4.74 Å². The normalized spacial score (nSPS) is 17.3. The number of nitrogens with zero attached hydrogens (tertiary/aromatic N) is 2. The molecule has 1 unspecified atom stereocenters. The Morgan fingerprint density at radius 1 is 1.14 bits per heavy atom. The van der Waals surface area contributed by atoms with Gasteiger partial charge in [-0.15, -0.1) is 0 Å². The lowest BCUT2D eigenvalue weighted by atomic mass is 10.0. The third-order valence-corrected chi connectivity index (χ3v) is 4.15. The highest BCUT2D eigenvalue weighted by Crippen LogP contribution is 2.26. The Bertz CT molecular complexity index is 644. The van der Waals surface area contributed by atoms with Gasteiger partial charge in [0, 0.05) is 19.2 Å². The number of rotatable bonds is 4. The first-order valence-electron chi connectivity index (χ1n) is 7.70. The number of benzene rings is 1. The van der Waals surface area contributed by atoms with Crippen molar-refractivity contribution in [3.63, 3.8) is 0 Å². The Hall–Kier alpha value is -2.30. The molecule has 1 aromatic heterocycles. The second-order valence-corrected chi connectivity index (χ2v) is 5.61. The number of ether oxygens (including phenoxy) is 1. The van der Waals surface area contributed by atoms with Crippen LogP contribution in [0.5, 0.6) is 5.75 Å². The zero-order chi connectivity index (χ0) is 15.4. The molecule has 0 fully saturated rings. The van der Waals surface area contributed by atoms with E-state index < -0.39 is 0 Å². The van der Waals surface area contributed by atoms with Crippen LogP contribution in [0, 0.1) is 0 Å². The summed E-state index contributed by atoms with van der Waals surface area (Å²) in [6.07, 6.45) is 6.01. The minimum atomic E-state index is 0.397. The summed E-state index contributed by atoms with van der Waals surface area (Å²) in [5.41, 5.74) is 2.81. The Morgan fingerprint density at radius 3 is 2.82 bits per heavy atom. The van der Waals surface area contributed by atoms with Crippen LogP contribution in [0.25, 0.3) is 0 Å². The smallest absolute Gasteiger partial charge is 0.131 e. The molecule has 2 N–H and O–H groups in total. The molecule has 0 spiro atoms. The molecule has 0 radical (unpaired) electrons. The summed E-state index contributed by atoms with van der Waals surface area (Å²) in [4.78, 5) is 8.46. The average molecular weight is 298 g/mol. The fourth-order valence-corrected chi connectivity index (χ4v) is 2.97. The number of nitrogens with one attached hydrogen (secondary N) is 2. The molecule has 2 aromatic rings. The summed E-state index contributed by atoms with van der Waals surface area (Å²) in [5, 5.41) is 6.58. The summed E-state index contributed by atoms with van der Waals surface area (Å²) < 4.78 is 5.33. The van der Waals surface area contributed by atoms with E-state index in [9.17, 15) is 0 Å². The molecule has 5 heteroatoms. The van der Waals surface area contributed by atoms with Crippen LogP contribution in [-0.4, -0.2) is 30.2 Å². The van der Waals surface area contributed by atoms with E-state index in [1.807, 2.05) is 19.2 Å². The first-order valence-corrected chi connectivity index (χ1v) is 7.70. The van der Waals surface area contributed by atoms with Gasteiger partial charge in [-0.25, -0.2) is 9.97 Å². The van der Waals surface area contributed by atoms with Gasteiger partial charge in [-0.05, 0) is 48.9 Å². The van der Waals surface area contributed by atoms with Gasteiger partial charge in [0.2, 0.25) is 0 Å². The third-order valence-electron chi connectivity index (χ3n) is 4.15. The summed E-state index contributed by atoms with van der Waals surface area (Å²) in [5.74, 6) is 2.65. The minimum Gasteiger partial charge on any atom is -0.497 e. The third kappa shape index (κ3) is 3.30. The lowest BCUT2D eigenvalue weighted by Gasteiger charge is -2.18. The highest BCUT2D eigenvalue weighted by atomic mass is 16.5. The molecule has 1 aliphatic rings. The average Bonchev–Trinajstić information content (AvgIpc) is 2.75. The maximum Gasteiger partial charge on any atom is 0.131 e. The molecule has 116 valence electrons. The summed E-state index contributed by atoms with van der Waals surface area (Å²) in [6.45, 7) is 0. The van der Waals surface area contributed by atoms with Gasteiger partial charge < -0.3 is 15.4 Å². The van der Waals surface area contributed by atoms with Gasteiger partial charge in [-0.3, -0.25) is 0 Å². The van der Waals surface area contributed by atoms with Crippen molar-refractivity contribution in [3.05, 3.63) is 41.7 Å². The lowest BCUT2D eigenvalue weighted by Crippen LogP contribution is -2.22. The highest BCUT2D eigenvalue weighted by molar-refractivity contribution is 5.47. The molecule has 1 aliphatic carbocycles. The van der Waals surface area contributed by atoms with Crippen LogP contribution in [0.2, 0.25) is 0 Å². The van der Waals surface area contributed by atoms with Gasteiger partial charge in [0.05, 0.1) is 7.11 Å². The lowest BCUT2D eigenvalue weighted by molar-refractivity contribution is 0.414. The molecular weight excluding hydrogens is 276 g/mol. The fourth-order valence-electron chi connectivity index (χ4n) is 2.97. The van der Waals surface area contributed by atoms with Gasteiger partial charge in [-0.1, -0.05) is 6.07 Å². The maximum absolute atomic E-state index is 5.33. The maximum atomic E-state index is 5.33. The van der Waals surface area contributed by atoms with E-state index in [0.717, 1.165) is 36.6 Å². The van der Waals surface area contributed by atoms with Crippen LogP contribution in [0.15, 0.2) is 30.6 Å². The van der Waals surface area contributed by atoms with Crippen LogP contribution in [0.4, 0.5) is 11.6 Å². The zero-order valence-corrected chi connectivity index (χ0v) is 13.1. The first-order chi connectivity index (χ1) is 10.8. The van der Waals surface area contributed by atoms with E-state index in [-0.39, 0.29) is 0 Å². The second-order valence-electron chi connectivity index (χ2n) is 5.61. The van der Waals surface area contributed by atoms with Crippen molar-refractivity contribution in [1.29, 1.82) is 0 Å². The molecule has 1 heterocycles. The van der Waals surface area contributed by atoms with Crippen molar-refractivity contribution in [2.75, 3.05) is 24.8 Å². The van der Waals surface area contributed by atoms with Crippen LogP contribution >= 0.6 is 0 Å². The SMILES string of the molecule is CNc1cc(NC2CCCc3cc(OC)ccc3C2)ncn1. The van der Waals surface area contributed by atoms with Crippen molar-refractivity contribution in [3.8, 4) is 5.75 Å². The number of aryl methyl sites for hydroxylation is 1. The number of methoxy groups -OCH3 is 1. The molecule has 0 saturated carbocycles. The van der Waals surface area contributed by atoms with E-state index in [2.05, 4.69) is 32.7 Å². The van der Waals surface area contributed by atoms with Crippen molar-refractivity contribution in [2.24, 2.45) is 0 Å². The van der Waals surface area contributed by atoms with Gasteiger partial charge >= 0.3 is 0 Å². The number of aromatic nitrogens is 2. The number of fused-ring (bicyclic) bond motifs is 1. The topological polar surface area (TPSA) is 59.1 Å². The summed E-state index contributed by atoms with van der Waals surface area (Å²) in [6, 6.07) is 8.74. The molecule has 0 saturated heterocycles. The number of hydrogen-bond acceptors (Lipinski definition) is 5. The summed E-state index contributed by atoms with van der Waals surface area (Å²) >= 11 is 0. The van der Waals surface area contributed by atoms with Crippen molar-refractivity contribution in [1.82, 2.24) is 9.97 Å². The Kier molecular flexibility index (Phi) is 4.42. The molecule has 0 bridgehead atoms. The quantitative estimate of drug-likeness (QED) is 0.850. The van der Waals surface area contributed by atoms with Gasteiger partial charge in [-0.2, -0.15) is 0 Å². The van der Waals surface area contributed by atoms with Crippen LogP contribution in [-0.2, 0) is 12.8 Å². The predicted octanol–water partition coefficient (Wildman–Crippen LogP) is 2.89.